The van der Waals surface area contributed by atoms with Gasteiger partial charge in [0.2, 0.25) is 0 Å². The molecule has 0 saturated carbocycles. The van der Waals surface area contributed by atoms with Gasteiger partial charge in [-0.05, 0) is 19.9 Å². The average molecular weight is 239 g/mol. The molecule has 92 valence electrons. The van der Waals surface area contributed by atoms with Crippen molar-refractivity contribution in [2.45, 2.75) is 19.4 Å². The van der Waals surface area contributed by atoms with Gasteiger partial charge < -0.3 is 10.0 Å². The molecule has 0 aliphatic carbocycles. The second-order valence-corrected chi connectivity index (χ2v) is 4.04. The maximum atomic E-state index is 11.1. The van der Waals surface area contributed by atoms with Crippen LogP contribution in [-0.4, -0.2) is 33.6 Å². The Morgan fingerprint density at radius 2 is 2.18 bits per heavy atom. The average Bonchev–Trinajstić information content (AvgIpc) is 2.27. The van der Waals surface area contributed by atoms with Gasteiger partial charge in [0.25, 0.3) is 0 Å². The third-order valence-electron chi connectivity index (χ3n) is 2.70. The van der Waals surface area contributed by atoms with E-state index in [1.54, 1.807) is 0 Å². The van der Waals surface area contributed by atoms with E-state index in [1.165, 1.54) is 38.1 Å². The molecule has 7 heteroatoms. The van der Waals surface area contributed by atoms with Gasteiger partial charge in [-0.25, -0.2) is 4.79 Å². The largest absolute Gasteiger partial charge is 0.480 e. The van der Waals surface area contributed by atoms with E-state index in [4.69, 9.17) is 5.11 Å². The predicted molar refractivity (Wildman–Crippen MR) is 61.0 cm³/mol. The lowest BCUT2D eigenvalue weighted by Crippen LogP contribution is -2.48. The van der Waals surface area contributed by atoms with E-state index in [-0.39, 0.29) is 11.4 Å². The van der Waals surface area contributed by atoms with Crippen LogP contribution in [0.1, 0.15) is 13.8 Å². The number of aromatic nitrogens is 1. The molecule has 1 aromatic heterocycles. The number of nitro groups is 1. The van der Waals surface area contributed by atoms with Crippen molar-refractivity contribution < 1.29 is 14.8 Å². The summed E-state index contributed by atoms with van der Waals surface area (Å²) < 4.78 is 0. The van der Waals surface area contributed by atoms with Crippen LogP contribution < -0.4 is 4.90 Å². The molecule has 0 bridgehead atoms. The SMILES string of the molecule is CN(c1ccncc1[N+](=O)[O-])C(C)(C)C(=O)O. The highest BCUT2D eigenvalue weighted by atomic mass is 16.6. The zero-order valence-electron chi connectivity index (χ0n) is 9.75. The predicted octanol–water partition coefficient (Wildman–Crippen LogP) is 1.29. The van der Waals surface area contributed by atoms with Gasteiger partial charge in [-0.1, -0.05) is 0 Å². The molecule has 0 amide bonds. The monoisotopic (exact) mass is 239 g/mol. The molecule has 1 heterocycles. The number of aliphatic carboxylic acids is 1. The lowest BCUT2D eigenvalue weighted by molar-refractivity contribution is -0.384. The maximum Gasteiger partial charge on any atom is 0.328 e. The van der Waals surface area contributed by atoms with Crippen molar-refractivity contribution in [1.29, 1.82) is 0 Å². The van der Waals surface area contributed by atoms with Crippen molar-refractivity contribution in [3.05, 3.63) is 28.6 Å². The Labute approximate surface area is 97.8 Å². The molecule has 0 atom stereocenters. The summed E-state index contributed by atoms with van der Waals surface area (Å²) in [7, 11) is 1.50. The van der Waals surface area contributed by atoms with E-state index in [2.05, 4.69) is 4.98 Å². The normalized spacial score (nSPS) is 11.0. The standard InChI is InChI=1S/C10H13N3O4/c1-10(2,9(14)15)12(3)7-4-5-11-6-8(7)13(16)17/h4-6H,1-3H3,(H,14,15). The van der Waals surface area contributed by atoms with Crippen LogP contribution >= 0.6 is 0 Å². The summed E-state index contributed by atoms with van der Waals surface area (Å²) in [6, 6.07) is 1.42. The van der Waals surface area contributed by atoms with Gasteiger partial charge in [0.05, 0.1) is 4.92 Å². The van der Waals surface area contributed by atoms with E-state index < -0.39 is 16.4 Å². The van der Waals surface area contributed by atoms with Crippen LogP contribution in [0.15, 0.2) is 18.5 Å². The van der Waals surface area contributed by atoms with Gasteiger partial charge in [0.15, 0.2) is 0 Å². The number of carboxylic acids is 1. The van der Waals surface area contributed by atoms with Crippen molar-refractivity contribution in [1.82, 2.24) is 4.98 Å². The van der Waals surface area contributed by atoms with Crippen LogP contribution in [0.2, 0.25) is 0 Å². The number of likely N-dealkylation sites (N-methyl/N-ethyl adjacent to an activating group) is 1. The van der Waals surface area contributed by atoms with Gasteiger partial charge in [-0.3, -0.25) is 15.1 Å². The fourth-order valence-electron chi connectivity index (χ4n) is 1.25. The molecule has 0 aliphatic heterocycles. The van der Waals surface area contributed by atoms with E-state index in [0.29, 0.717) is 0 Å². The highest BCUT2D eigenvalue weighted by Crippen LogP contribution is 2.30. The number of hydrogen-bond donors (Lipinski definition) is 1. The summed E-state index contributed by atoms with van der Waals surface area (Å²) in [5, 5.41) is 19.9. The minimum Gasteiger partial charge on any atom is -0.480 e. The molecule has 0 spiro atoms. The van der Waals surface area contributed by atoms with E-state index in [1.807, 2.05) is 0 Å². The third kappa shape index (κ3) is 2.32. The van der Waals surface area contributed by atoms with Gasteiger partial charge in [-0.15, -0.1) is 0 Å². The second kappa shape index (κ2) is 4.36. The first-order valence-corrected chi connectivity index (χ1v) is 4.84. The van der Waals surface area contributed by atoms with Crippen LogP contribution in [0, 0.1) is 10.1 Å². The van der Waals surface area contributed by atoms with E-state index in [9.17, 15) is 14.9 Å². The van der Waals surface area contributed by atoms with Crippen molar-refractivity contribution in [2.75, 3.05) is 11.9 Å². The molecular weight excluding hydrogens is 226 g/mol. The number of anilines is 1. The molecule has 0 saturated heterocycles. The first kappa shape index (κ1) is 12.9. The second-order valence-electron chi connectivity index (χ2n) is 4.04. The van der Waals surface area contributed by atoms with Gasteiger partial charge in [0, 0.05) is 13.2 Å². The van der Waals surface area contributed by atoms with E-state index in [0.717, 1.165) is 6.20 Å². The summed E-state index contributed by atoms with van der Waals surface area (Å²) >= 11 is 0. The molecule has 0 aromatic carbocycles. The highest BCUT2D eigenvalue weighted by Gasteiger charge is 2.35. The summed E-state index contributed by atoms with van der Waals surface area (Å²) in [6.07, 6.45) is 2.49. The quantitative estimate of drug-likeness (QED) is 0.628. The lowest BCUT2D eigenvalue weighted by atomic mass is 10.0. The minimum atomic E-state index is -1.24. The van der Waals surface area contributed by atoms with E-state index >= 15 is 0 Å². The smallest absolute Gasteiger partial charge is 0.328 e. The molecule has 1 rings (SSSR count). The molecule has 0 radical (unpaired) electrons. The molecule has 0 fully saturated rings. The minimum absolute atomic E-state index is 0.218. The van der Waals surface area contributed by atoms with Crippen LogP contribution in [0.3, 0.4) is 0 Å². The fourth-order valence-corrected chi connectivity index (χ4v) is 1.25. The van der Waals surface area contributed by atoms with Crippen molar-refractivity contribution in [2.24, 2.45) is 0 Å². The molecule has 0 unspecified atom stereocenters. The first-order chi connectivity index (χ1) is 7.78. The number of hydrogen-bond acceptors (Lipinski definition) is 5. The number of rotatable bonds is 4. The Morgan fingerprint density at radius 3 is 2.65 bits per heavy atom. The number of carbonyl (C=O) groups is 1. The fraction of sp³-hybridized carbons (Fsp3) is 0.400. The van der Waals surface area contributed by atoms with Gasteiger partial charge in [-0.2, -0.15) is 0 Å². The topological polar surface area (TPSA) is 96.6 Å². The van der Waals surface area contributed by atoms with Crippen LogP contribution in [-0.2, 0) is 4.79 Å². The zero-order valence-corrected chi connectivity index (χ0v) is 9.75. The van der Waals surface area contributed by atoms with Crippen LogP contribution in [0.4, 0.5) is 11.4 Å². The summed E-state index contributed by atoms with van der Waals surface area (Å²) in [4.78, 5) is 26.3. The summed E-state index contributed by atoms with van der Waals surface area (Å²) in [6.45, 7) is 2.94. The maximum absolute atomic E-state index is 11.1. The van der Waals surface area contributed by atoms with Gasteiger partial charge >= 0.3 is 11.7 Å². The summed E-state index contributed by atoms with van der Waals surface area (Å²) in [5.74, 6) is -1.06. The van der Waals surface area contributed by atoms with Crippen LogP contribution in [0.5, 0.6) is 0 Å². The molecule has 17 heavy (non-hydrogen) atoms. The Hall–Kier alpha value is -2.18. The first-order valence-electron chi connectivity index (χ1n) is 4.84. The molecule has 0 aliphatic rings. The molecule has 7 nitrogen and oxygen atoms in total. The molecule has 1 aromatic rings. The lowest BCUT2D eigenvalue weighted by Gasteiger charge is -2.32. The van der Waals surface area contributed by atoms with Crippen LogP contribution in [0.25, 0.3) is 0 Å². The van der Waals surface area contributed by atoms with Gasteiger partial charge in [0.1, 0.15) is 17.4 Å². The molecular formula is C10H13N3O4. The highest BCUT2D eigenvalue weighted by molar-refractivity contribution is 5.83. The zero-order chi connectivity index (χ0) is 13.2. The van der Waals surface area contributed by atoms with Crippen molar-refractivity contribution in [3.8, 4) is 0 Å². The Bertz CT molecular complexity index is 459. The number of nitrogens with zero attached hydrogens (tertiary/aromatic N) is 3. The third-order valence-corrected chi connectivity index (χ3v) is 2.70. The van der Waals surface area contributed by atoms with Crippen molar-refractivity contribution in [3.63, 3.8) is 0 Å². The summed E-state index contributed by atoms with van der Waals surface area (Å²) in [5.41, 5.74) is -1.24. The Kier molecular flexibility index (Phi) is 3.31. The number of pyridine rings is 1. The Balaban J connectivity index is 3.26. The Morgan fingerprint density at radius 1 is 1.59 bits per heavy atom. The number of carboxylic acid groups (broad SMARTS) is 1. The van der Waals surface area contributed by atoms with Crippen molar-refractivity contribution >= 4 is 17.3 Å². The molecule has 1 N–H and O–H groups in total.